The summed E-state index contributed by atoms with van der Waals surface area (Å²) in [5.41, 5.74) is 0. The maximum absolute atomic E-state index is 12.3. The minimum atomic E-state index is 0.0614. The number of likely N-dealkylation sites (tertiary alicyclic amines) is 1. The van der Waals surface area contributed by atoms with Crippen molar-refractivity contribution in [1.82, 2.24) is 20.0 Å². The number of aromatic nitrogens is 2. The smallest absolute Gasteiger partial charge is 0.317 e. The molecule has 1 saturated heterocycles. The summed E-state index contributed by atoms with van der Waals surface area (Å²) in [4.78, 5) is 15.6. The van der Waals surface area contributed by atoms with Crippen LogP contribution in [0.3, 0.4) is 0 Å². The van der Waals surface area contributed by atoms with Gasteiger partial charge in [-0.05, 0) is 36.8 Å². The van der Waals surface area contributed by atoms with Crippen molar-refractivity contribution in [1.29, 1.82) is 0 Å². The maximum atomic E-state index is 12.3. The van der Waals surface area contributed by atoms with Crippen molar-refractivity contribution in [2.45, 2.75) is 31.8 Å². The van der Waals surface area contributed by atoms with Crippen LogP contribution in [0.5, 0.6) is 0 Å². The average Bonchev–Trinajstić information content (AvgIpc) is 3.24. The molecule has 1 fully saturated rings. The van der Waals surface area contributed by atoms with Gasteiger partial charge in [-0.25, -0.2) is 4.79 Å². The Morgan fingerprint density at radius 2 is 2.43 bits per heavy atom. The summed E-state index contributed by atoms with van der Waals surface area (Å²) in [6.45, 7) is 2.38. The fourth-order valence-electron chi connectivity index (χ4n) is 2.76. The molecule has 0 saturated carbocycles. The van der Waals surface area contributed by atoms with Crippen LogP contribution in [0, 0.1) is 0 Å². The molecule has 1 atom stereocenters. The van der Waals surface area contributed by atoms with E-state index in [-0.39, 0.29) is 12.1 Å². The van der Waals surface area contributed by atoms with Gasteiger partial charge in [-0.15, -0.1) is 11.3 Å². The van der Waals surface area contributed by atoms with E-state index in [1.807, 2.05) is 21.8 Å². The van der Waals surface area contributed by atoms with Gasteiger partial charge in [-0.1, -0.05) is 6.07 Å². The van der Waals surface area contributed by atoms with Crippen molar-refractivity contribution in [2.24, 2.45) is 0 Å². The van der Waals surface area contributed by atoms with E-state index in [0.29, 0.717) is 6.54 Å². The maximum Gasteiger partial charge on any atom is 0.317 e. The molecule has 0 spiro atoms. The summed E-state index contributed by atoms with van der Waals surface area (Å²) in [6.07, 6.45) is 6.76. The summed E-state index contributed by atoms with van der Waals surface area (Å²) in [6, 6.07) is 6.41. The van der Waals surface area contributed by atoms with Crippen molar-refractivity contribution in [2.75, 3.05) is 13.1 Å². The number of nitrogens with zero attached hydrogens (tertiary/aromatic N) is 3. The van der Waals surface area contributed by atoms with Crippen LogP contribution >= 0.6 is 11.3 Å². The first-order valence-corrected chi connectivity index (χ1v) is 8.28. The molecule has 3 rings (SSSR count). The molecule has 0 bridgehead atoms. The first-order valence-electron chi connectivity index (χ1n) is 7.40. The van der Waals surface area contributed by atoms with Gasteiger partial charge in [0.15, 0.2) is 0 Å². The van der Waals surface area contributed by atoms with E-state index >= 15 is 0 Å². The lowest BCUT2D eigenvalue weighted by Crippen LogP contribution is -2.39. The first kappa shape index (κ1) is 14.1. The fourth-order valence-corrected chi connectivity index (χ4v) is 3.63. The molecule has 0 unspecified atom stereocenters. The number of urea groups is 1. The van der Waals surface area contributed by atoms with Crippen LogP contribution in [-0.4, -0.2) is 33.8 Å². The van der Waals surface area contributed by atoms with E-state index in [1.54, 1.807) is 17.5 Å². The zero-order valence-electron chi connectivity index (χ0n) is 11.9. The predicted octanol–water partition coefficient (Wildman–Crippen LogP) is 2.88. The van der Waals surface area contributed by atoms with Crippen molar-refractivity contribution in [3.05, 3.63) is 40.8 Å². The normalized spacial score (nSPS) is 18.1. The molecule has 1 N–H and O–H groups in total. The van der Waals surface area contributed by atoms with Gasteiger partial charge in [-0.2, -0.15) is 5.10 Å². The molecule has 112 valence electrons. The third kappa shape index (κ3) is 3.44. The number of carbonyl (C=O) groups is 1. The molecule has 2 aromatic rings. The molecule has 1 aliphatic heterocycles. The lowest BCUT2D eigenvalue weighted by Gasteiger charge is -2.24. The number of thiophene rings is 1. The summed E-state index contributed by atoms with van der Waals surface area (Å²) >= 11 is 1.73. The molecule has 2 amide bonds. The zero-order chi connectivity index (χ0) is 14.5. The minimum Gasteiger partial charge on any atom is -0.338 e. The number of aryl methyl sites for hydroxylation is 1. The Balaban J connectivity index is 1.46. The Labute approximate surface area is 128 Å². The summed E-state index contributed by atoms with van der Waals surface area (Å²) in [7, 11) is 0. The quantitative estimate of drug-likeness (QED) is 0.864. The number of rotatable bonds is 5. The predicted molar refractivity (Wildman–Crippen MR) is 83.2 cm³/mol. The molecule has 2 aromatic heterocycles. The van der Waals surface area contributed by atoms with Gasteiger partial charge in [0, 0.05) is 36.9 Å². The second-order valence-corrected chi connectivity index (χ2v) is 6.20. The molecule has 5 nitrogen and oxygen atoms in total. The van der Waals surface area contributed by atoms with Gasteiger partial charge >= 0.3 is 6.03 Å². The third-order valence-corrected chi connectivity index (χ3v) is 4.76. The van der Waals surface area contributed by atoms with Crippen LogP contribution in [0.15, 0.2) is 36.0 Å². The summed E-state index contributed by atoms with van der Waals surface area (Å²) < 4.78 is 1.89. The van der Waals surface area contributed by atoms with E-state index in [2.05, 4.69) is 27.9 Å². The number of amides is 2. The third-order valence-electron chi connectivity index (χ3n) is 3.78. The van der Waals surface area contributed by atoms with Crippen LogP contribution in [-0.2, 0) is 6.54 Å². The molecule has 6 heteroatoms. The highest BCUT2D eigenvalue weighted by Gasteiger charge is 2.30. The molecular weight excluding hydrogens is 284 g/mol. The van der Waals surface area contributed by atoms with Gasteiger partial charge < -0.3 is 10.2 Å². The highest BCUT2D eigenvalue weighted by Crippen LogP contribution is 2.34. The molecule has 1 aliphatic rings. The standard InChI is InChI=1S/C15H20N4OS/c20-15(16-7-3-9-18-10-4-8-17-18)19-11-1-5-13(19)14-6-2-12-21-14/h2,4,6,8,10,12-13H,1,3,5,7,9,11H2,(H,16,20)/t13-/m0/s1. The minimum absolute atomic E-state index is 0.0614. The second-order valence-electron chi connectivity index (χ2n) is 5.22. The molecular formula is C15H20N4OS. The van der Waals surface area contributed by atoms with E-state index in [4.69, 9.17) is 0 Å². The van der Waals surface area contributed by atoms with Crippen molar-refractivity contribution >= 4 is 17.4 Å². The van der Waals surface area contributed by atoms with Crippen LogP contribution in [0.2, 0.25) is 0 Å². The molecule has 0 aromatic carbocycles. The van der Waals surface area contributed by atoms with Crippen molar-refractivity contribution in [3.8, 4) is 0 Å². The largest absolute Gasteiger partial charge is 0.338 e. The fraction of sp³-hybridized carbons (Fsp3) is 0.467. The van der Waals surface area contributed by atoms with E-state index in [1.165, 1.54) is 4.88 Å². The summed E-state index contributed by atoms with van der Waals surface area (Å²) in [5, 5.41) is 9.26. The Hall–Kier alpha value is -1.82. The molecule has 3 heterocycles. The topological polar surface area (TPSA) is 50.2 Å². The van der Waals surface area contributed by atoms with Gasteiger partial charge in [0.05, 0.1) is 6.04 Å². The highest BCUT2D eigenvalue weighted by molar-refractivity contribution is 7.10. The monoisotopic (exact) mass is 304 g/mol. The number of hydrogen-bond donors (Lipinski definition) is 1. The van der Waals surface area contributed by atoms with E-state index < -0.39 is 0 Å². The van der Waals surface area contributed by atoms with Crippen LogP contribution in [0.4, 0.5) is 4.79 Å². The lowest BCUT2D eigenvalue weighted by molar-refractivity contribution is 0.193. The zero-order valence-corrected chi connectivity index (χ0v) is 12.8. The van der Waals surface area contributed by atoms with Gasteiger partial charge in [-0.3, -0.25) is 4.68 Å². The Bertz CT molecular complexity index is 552. The lowest BCUT2D eigenvalue weighted by atomic mass is 10.2. The number of carbonyl (C=O) groups excluding carboxylic acids is 1. The van der Waals surface area contributed by atoms with Crippen LogP contribution in [0.1, 0.15) is 30.2 Å². The highest BCUT2D eigenvalue weighted by atomic mass is 32.1. The van der Waals surface area contributed by atoms with Crippen molar-refractivity contribution in [3.63, 3.8) is 0 Å². The van der Waals surface area contributed by atoms with Crippen LogP contribution < -0.4 is 5.32 Å². The van der Waals surface area contributed by atoms with Gasteiger partial charge in [0.1, 0.15) is 0 Å². The first-order chi connectivity index (χ1) is 10.3. The van der Waals surface area contributed by atoms with Crippen molar-refractivity contribution < 1.29 is 4.79 Å². The Morgan fingerprint density at radius 3 is 3.19 bits per heavy atom. The van der Waals surface area contributed by atoms with Gasteiger partial charge in [0.2, 0.25) is 0 Å². The second kappa shape index (κ2) is 6.76. The van der Waals surface area contributed by atoms with Crippen LogP contribution in [0.25, 0.3) is 0 Å². The van der Waals surface area contributed by atoms with E-state index in [9.17, 15) is 4.79 Å². The average molecular weight is 304 g/mol. The van der Waals surface area contributed by atoms with Gasteiger partial charge in [0.25, 0.3) is 0 Å². The Morgan fingerprint density at radius 1 is 1.48 bits per heavy atom. The molecule has 0 aliphatic carbocycles. The van der Waals surface area contributed by atoms with E-state index in [0.717, 1.165) is 32.4 Å². The summed E-state index contributed by atoms with van der Waals surface area (Å²) in [5.74, 6) is 0. The number of nitrogens with one attached hydrogen (secondary N) is 1. The Kier molecular flexibility index (Phi) is 4.55. The molecule has 21 heavy (non-hydrogen) atoms. The molecule has 0 radical (unpaired) electrons. The SMILES string of the molecule is O=C(NCCCn1cccn1)N1CCC[C@H]1c1cccs1. The number of hydrogen-bond acceptors (Lipinski definition) is 3.